The van der Waals surface area contributed by atoms with Gasteiger partial charge in [-0.1, -0.05) is 0 Å². The number of aromatic nitrogens is 2. The van der Waals surface area contributed by atoms with E-state index in [1.54, 1.807) is 0 Å². The van der Waals surface area contributed by atoms with Crippen LogP contribution >= 0.6 is 0 Å². The van der Waals surface area contributed by atoms with E-state index in [1.165, 1.54) is 18.4 Å². The molecular formula is C14H25N3O. The lowest BCUT2D eigenvalue weighted by atomic mass is 10.1. The van der Waals surface area contributed by atoms with Gasteiger partial charge in [0, 0.05) is 30.5 Å². The summed E-state index contributed by atoms with van der Waals surface area (Å²) >= 11 is 0. The molecular weight excluding hydrogens is 226 g/mol. The van der Waals surface area contributed by atoms with Gasteiger partial charge in [-0.05, 0) is 40.0 Å². The molecule has 18 heavy (non-hydrogen) atoms. The zero-order chi connectivity index (χ0) is 13.0. The summed E-state index contributed by atoms with van der Waals surface area (Å²) in [7, 11) is 0. The van der Waals surface area contributed by atoms with Crippen LogP contribution in [0.15, 0.2) is 12.4 Å². The van der Waals surface area contributed by atoms with E-state index in [0.717, 1.165) is 26.1 Å². The molecule has 102 valence electrons. The average molecular weight is 251 g/mol. The number of rotatable bonds is 4. The molecule has 1 N–H and O–H groups in total. The third-order valence-corrected chi connectivity index (χ3v) is 3.17. The minimum atomic E-state index is 0.147. The van der Waals surface area contributed by atoms with Gasteiger partial charge in [0.25, 0.3) is 0 Å². The van der Waals surface area contributed by atoms with Crippen molar-refractivity contribution in [2.24, 2.45) is 0 Å². The maximum Gasteiger partial charge on any atom is 0.0770 e. The van der Waals surface area contributed by atoms with E-state index in [1.807, 2.05) is 10.9 Å². The quantitative estimate of drug-likeness (QED) is 0.892. The minimum absolute atomic E-state index is 0.147. The number of nitrogens with zero attached hydrogens (tertiary/aromatic N) is 2. The Morgan fingerprint density at radius 2 is 2.28 bits per heavy atom. The fraction of sp³-hybridized carbons (Fsp3) is 0.786. The largest absolute Gasteiger partial charge is 0.376 e. The molecule has 0 radical (unpaired) electrons. The van der Waals surface area contributed by atoms with E-state index in [2.05, 4.69) is 37.4 Å². The Bertz CT molecular complexity index is 361. The van der Waals surface area contributed by atoms with Crippen molar-refractivity contribution in [3.8, 4) is 0 Å². The van der Waals surface area contributed by atoms with Crippen molar-refractivity contribution in [1.82, 2.24) is 15.1 Å². The number of hydrogen-bond acceptors (Lipinski definition) is 3. The standard InChI is InChI=1S/C14H25N3O/c1-14(2,3)15-8-12-9-16-17(10-12)11-13-6-4-5-7-18-13/h9-10,13,15H,4-8,11H2,1-3H3. The number of nitrogens with one attached hydrogen (secondary N) is 1. The van der Waals surface area contributed by atoms with Crippen molar-refractivity contribution in [1.29, 1.82) is 0 Å². The molecule has 1 aromatic rings. The lowest BCUT2D eigenvalue weighted by Gasteiger charge is -2.22. The van der Waals surface area contributed by atoms with Crippen LogP contribution in [0, 0.1) is 0 Å². The normalized spacial score (nSPS) is 21.2. The first kappa shape index (κ1) is 13.6. The average Bonchev–Trinajstić information content (AvgIpc) is 2.75. The third kappa shape index (κ3) is 4.42. The SMILES string of the molecule is CC(C)(C)NCc1cnn(CC2CCCCO2)c1. The van der Waals surface area contributed by atoms with Crippen LogP contribution in [0.5, 0.6) is 0 Å². The summed E-state index contributed by atoms with van der Waals surface area (Å²) in [5.41, 5.74) is 1.38. The monoisotopic (exact) mass is 251 g/mol. The summed E-state index contributed by atoms with van der Waals surface area (Å²) < 4.78 is 7.74. The predicted octanol–water partition coefficient (Wildman–Crippen LogP) is 2.34. The fourth-order valence-electron chi connectivity index (χ4n) is 2.12. The summed E-state index contributed by atoms with van der Waals surface area (Å²) in [4.78, 5) is 0. The van der Waals surface area contributed by atoms with Gasteiger partial charge < -0.3 is 10.1 Å². The highest BCUT2D eigenvalue weighted by molar-refractivity contribution is 5.04. The topological polar surface area (TPSA) is 39.1 Å². The first-order valence-electron chi connectivity index (χ1n) is 6.91. The molecule has 1 unspecified atom stereocenters. The fourth-order valence-corrected chi connectivity index (χ4v) is 2.12. The van der Waals surface area contributed by atoms with Crippen LogP contribution in [0.2, 0.25) is 0 Å². The Hall–Kier alpha value is -0.870. The molecule has 2 rings (SSSR count). The highest BCUT2D eigenvalue weighted by Gasteiger charge is 2.15. The Labute approximate surface area is 110 Å². The van der Waals surface area contributed by atoms with Crippen molar-refractivity contribution in [3.63, 3.8) is 0 Å². The number of ether oxygens (including phenoxy) is 1. The molecule has 0 spiro atoms. The van der Waals surface area contributed by atoms with Crippen LogP contribution in [0.3, 0.4) is 0 Å². The highest BCUT2D eigenvalue weighted by Crippen LogP contribution is 2.14. The van der Waals surface area contributed by atoms with Crippen LogP contribution < -0.4 is 5.32 Å². The van der Waals surface area contributed by atoms with Crippen molar-refractivity contribution < 1.29 is 4.74 Å². The van der Waals surface area contributed by atoms with Crippen molar-refractivity contribution in [2.45, 2.75) is 64.8 Å². The molecule has 1 fully saturated rings. The van der Waals surface area contributed by atoms with Crippen LogP contribution in [-0.4, -0.2) is 28.0 Å². The zero-order valence-corrected chi connectivity index (χ0v) is 11.8. The molecule has 0 aromatic carbocycles. The van der Waals surface area contributed by atoms with E-state index in [4.69, 9.17) is 4.74 Å². The summed E-state index contributed by atoms with van der Waals surface area (Å²) in [6.45, 7) is 9.18. The Balaban J connectivity index is 1.82. The van der Waals surface area contributed by atoms with Crippen LogP contribution in [0.1, 0.15) is 45.6 Å². The highest BCUT2D eigenvalue weighted by atomic mass is 16.5. The maximum atomic E-state index is 5.73. The molecule has 0 amide bonds. The van der Waals surface area contributed by atoms with Crippen molar-refractivity contribution in [3.05, 3.63) is 18.0 Å². The van der Waals surface area contributed by atoms with Crippen molar-refractivity contribution in [2.75, 3.05) is 6.61 Å². The molecule has 2 heterocycles. The predicted molar refractivity (Wildman–Crippen MR) is 72.4 cm³/mol. The zero-order valence-electron chi connectivity index (χ0n) is 11.8. The maximum absolute atomic E-state index is 5.73. The second-order valence-corrected chi connectivity index (χ2v) is 6.16. The third-order valence-electron chi connectivity index (χ3n) is 3.17. The molecule has 0 aliphatic carbocycles. The van der Waals surface area contributed by atoms with Gasteiger partial charge in [-0.15, -0.1) is 0 Å². The van der Waals surface area contributed by atoms with Crippen LogP contribution in [-0.2, 0) is 17.8 Å². The lowest BCUT2D eigenvalue weighted by molar-refractivity contribution is 0.00398. The van der Waals surface area contributed by atoms with E-state index >= 15 is 0 Å². The molecule has 1 aliphatic heterocycles. The molecule has 0 saturated carbocycles. The van der Waals surface area contributed by atoms with Gasteiger partial charge in [0.05, 0.1) is 18.8 Å². The van der Waals surface area contributed by atoms with Gasteiger partial charge in [0.15, 0.2) is 0 Å². The van der Waals surface area contributed by atoms with E-state index in [0.29, 0.717) is 6.10 Å². The molecule has 4 nitrogen and oxygen atoms in total. The summed E-state index contributed by atoms with van der Waals surface area (Å²) in [6.07, 6.45) is 8.07. The van der Waals surface area contributed by atoms with E-state index in [-0.39, 0.29) is 5.54 Å². The molecule has 1 aromatic heterocycles. The van der Waals surface area contributed by atoms with Gasteiger partial charge in [0.1, 0.15) is 0 Å². The van der Waals surface area contributed by atoms with E-state index < -0.39 is 0 Å². The van der Waals surface area contributed by atoms with Gasteiger partial charge in [-0.3, -0.25) is 4.68 Å². The van der Waals surface area contributed by atoms with Crippen LogP contribution in [0.25, 0.3) is 0 Å². The van der Waals surface area contributed by atoms with Crippen molar-refractivity contribution >= 4 is 0 Å². The molecule has 1 saturated heterocycles. The first-order valence-corrected chi connectivity index (χ1v) is 6.91. The van der Waals surface area contributed by atoms with Gasteiger partial charge in [-0.2, -0.15) is 5.10 Å². The van der Waals surface area contributed by atoms with E-state index in [9.17, 15) is 0 Å². The second kappa shape index (κ2) is 5.85. The van der Waals surface area contributed by atoms with Gasteiger partial charge in [0.2, 0.25) is 0 Å². The Morgan fingerprint density at radius 3 is 2.94 bits per heavy atom. The summed E-state index contributed by atoms with van der Waals surface area (Å²) in [5, 5.41) is 7.88. The number of hydrogen-bond donors (Lipinski definition) is 1. The Morgan fingerprint density at radius 1 is 1.44 bits per heavy atom. The molecule has 1 aliphatic rings. The lowest BCUT2D eigenvalue weighted by Crippen LogP contribution is -2.34. The Kier molecular flexibility index (Phi) is 4.40. The first-order chi connectivity index (χ1) is 8.53. The summed E-state index contributed by atoms with van der Waals surface area (Å²) in [6, 6.07) is 0. The molecule has 1 atom stereocenters. The molecule has 0 bridgehead atoms. The van der Waals surface area contributed by atoms with Gasteiger partial charge in [-0.25, -0.2) is 0 Å². The smallest absolute Gasteiger partial charge is 0.0770 e. The van der Waals surface area contributed by atoms with Crippen LogP contribution in [0.4, 0.5) is 0 Å². The summed E-state index contributed by atoms with van der Waals surface area (Å²) in [5.74, 6) is 0. The molecule has 4 heteroatoms. The second-order valence-electron chi connectivity index (χ2n) is 6.16. The van der Waals surface area contributed by atoms with Gasteiger partial charge >= 0.3 is 0 Å². The minimum Gasteiger partial charge on any atom is -0.376 e.